The molecule has 11 nitrogen and oxygen atoms in total. The van der Waals surface area contributed by atoms with Crippen LogP contribution in [0.5, 0.6) is 0 Å². The quantitative estimate of drug-likeness (QED) is 0.462. The van der Waals surface area contributed by atoms with Crippen molar-refractivity contribution < 1.29 is 34.2 Å². The Morgan fingerprint density at radius 1 is 1.15 bits per heavy atom. The summed E-state index contributed by atoms with van der Waals surface area (Å²) in [7, 11) is 1.64. The number of nitrogens with zero attached hydrogens (tertiary/aromatic N) is 3. The molecule has 1 aromatic carbocycles. The van der Waals surface area contributed by atoms with Crippen LogP contribution in [0.4, 0.5) is 5.69 Å². The van der Waals surface area contributed by atoms with Crippen LogP contribution in [0, 0.1) is 0 Å². The molecule has 3 N–H and O–H groups in total. The Bertz CT molecular complexity index is 929. The number of piperidine rings is 1. The zero-order valence-electron chi connectivity index (χ0n) is 19.0. The number of carbonyl (C=O) groups excluding carboxylic acids is 4. The lowest BCUT2D eigenvalue weighted by Crippen LogP contribution is -2.56. The monoisotopic (exact) mass is 462 g/mol. The Hall–Kier alpha value is -3.31. The van der Waals surface area contributed by atoms with Crippen LogP contribution in [0.15, 0.2) is 18.2 Å². The second-order valence-corrected chi connectivity index (χ2v) is 7.48. The van der Waals surface area contributed by atoms with Gasteiger partial charge in [-0.2, -0.15) is 0 Å². The minimum absolute atomic E-state index is 0.0443. The Balaban J connectivity index is 0.000000365. The number of carboxylic acids is 1. The lowest BCUT2D eigenvalue weighted by Gasteiger charge is -2.34. The van der Waals surface area contributed by atoms with E-state index in [1.54, 1.807) is 25.2 Å². The number of rotatable bonds is 8. The number of likely N-dealkylation sites (N-methyl/N-ethyl adjacent to an activating group) is 1. The summed E-state index contributed by atoms with van der Waals surface area (Å²) in [5.74, 6) is -2.86. The van der Waals surface area contributed by atoms with Gasteiger partial charge >= 0.3 is 5.97 Å². The number of fused-ring (bicyclic) bond motifs is 1. The highest BCUT2D eigenvalue weighted by molar-refractivity contribution is 6.25. The predicted octanol–water partition coefficient (Wildman–Crippen LogP) is 0.247. The van der Waals surface area contributed by atoms with Gasteiger partial charge in [0.1, 0.15) is 6.04 Å². The molecule has 0 saturated carbocycles. The second-order valence-electron chi connectivity index (χ2n) is 7.48. The number of hydrogen-bond donors (Lipinski definition) is 3. The van der Waals surface area contributed by atoms with Crippen LogP contribution in [0.3, 0.4) is 0 Å². The van der Waals surface area contributed by atoms with Crippen LogP contribution in [0.25, 0.3) is 0 Å². The highest BCUT2D eigenvalue weighted by Crippen LogP contribution is 2.32. The van der Waals surface area contributed by atoms with Crippen molar-refractivity contribution in [3.63, 3.8) is 0 Å². The van der Waals surface area contributed by atoms with Crippen LogP contribution < -0.4 is 5.32 Å². The van der Waals surface area contributed by atoms with Gasteiger partial charge in [-0.25, -0.2) is 0 Å². The van der Waals surface area contributed by atoms with Crippen LogP contribution in [-0.4, -0.2) is 100 Å². The molecule has 0 bridgehead atoms. The van der Waals surface area contributed by atoms with E-state index in [1.807, 2.05) is 18.7 Å². The number of aliphatic hydroxyl groups excluding tert-OH is 1. The third-order valence-corrected chi connectivity index (χ3v) is 5.59. The number of benzene rings is 1. The normalized spacial score (nSPS) is 17.8. The summed E-state index contributed by atoms with van der Waals surface area (Å²) in [6, 6.07) is 3.85. The van der Waals surface area contributed by atoms with Crippen molar-refractivity contribution in [2.75, 3.05) is 45.2 Å². The van der Waals surface area contributed by atoms with E-state index in [0.717, 1.165) is 22.9 Å². The number of anilines is 1. The van der Waals surface area contributed by atoms with Gasteiger partial charge in [-0.3, -0.25) is 38.7 Å². The highest BCUT2D eigenvalue weighted by Gasteiger charge is 2.47. The molecule has 4 amide bonds. The molecule has 1 fully saturated rings. The maximum Gasteiger partial charge on any atom is 0.317 e. The Morgan fingerprint density at radius 3 is 2.33 bits per heavy atom. The first kappa shape index (κ1) is 25.9. The van der Waals surface area contributed by atoms with Crippen molar-refractivity contribution in [1.29, 1.82) is 0 Å². The second kappa shape index (κ2) is 11.5. The van der Waals surface area contributed by atoms with Gasteiger partial charge in [-0.1, -0.05) is 19.9 Å². The van der Waals surface area contributed by atoms with E-state index in [0.29, 0.717) is 5.69 Å². The van der Waals surface area contributed by atoms with Gasteiger partial charge in [-0.15, -0.1) is 0 Å². The number of amides is 4. The van der Waals surface area contributed by atoms with Crippen molar-refractivity contribution >= 4 is 35.3 Å². The van der Waals surface area contributed by atoms with Crippen LogP contribution in [-0.2, 0) is 14.4 Å². The third kappa shape index (κ3) is 5.55. The fourth-order valence-corrected chi connectivity index (χ4v) is 3.83. The molecular weight excluding hydrogens is 432 g/mol. The predicted molar refractivity (Wildman–Crippen MR) is 119 cm³/mol. The highest BCUT2D eigenvalue weighted by atomic mass is 16.4. The fraction of sp³-hybridized carbons (Fsp3) is 0.500. The number of hydrogen-bond acceptors (Lipinski definition) is 8. The minimum Gasteiger partial charge on any atom is -0.480 e. The molecule has 0 radical (unpaired) electrons. The molecule has 11 heteroatoms. The molecule has 2 aliphatic heterocycles. The summed E-state index contributed by atoms with van der Waals surface area (Å²) in [5, 5.41) is 20.2. The first-order valence-corrected chi connectivity index (χ1v) is 10.8. The molecule has 2 aliphatic rings. The first-order chi connectivity index (χ1) is 15.7. The molecule has 0 aliphatic carbocycles. The van der Waals surface area contributed by atoms with E-state index in [1.165, 1.54) is 0 Å². The number of aliphatic hydroxyl groups is 1. The van der Waals surface area contributed by atoms with Gasteiger partial charge in [0, 0.05) is 19.2 Å². The number of imide groups is 2. The van der Waals surface area contributed by atoms with E-state index in [-0.39, 0.29) is 43.7 Å². The van der Waals surface area contributed by atoms with E-state index >= 15 is 0 Å². The summed E-state index contributed by atoms with van der Waals surface area (Å²) < 4.78 is 0. The minimum atomic E-state index is -1.02. The van der Waals surface area contributed by atoms with Crippen LogP contribution in [0.1, 0.15) is 47.4 Å². The number of β-amino-alcohol motifs (C(OH)–C–C–N with tert-alkyl or cyclic N) is 1. The van der Waals surface area contributed by atoms with Crippen molar-refractivity contribution in [2.45, 2.75) is 32.7 Å². The molecule has 180 valence electrons. The van der Waals surface area contributed by atoms with E-state index in [2.05, 4.69) is 5.32 Å². The first-order valence-electron chi connectivity index (χ1n) is 10.8. The maximum atomic E-state index is 12.7. The Labute approximate surface area is 191 Å². The van der Waals surface area contributed by atoms with E-state index in [9.17, 15) is 24.0 Å². The summed E-state index contributed by atoms with van der Waals surface area (Å²) in [4.78, 5) is 63.5. The topological polar surface area (TPSA) is 148 Å². The third-order valence-electron chi connectivity index (χ3n) is 5.59. The molecule has 1 saturated heterocycles. The zero-order chi connectivity index (χ0) is 24.7. The molecule has 2 heterocycles. The Morgan fingerprint density at radius 2 is 1.82 bits per heavy atom. The van der Waals surface area contributed by atoms with Crippen molar-refractivity contribution in [3.8, 4) is 0 Å². The number of nitrogens with one attached hydrogen (secondary N) is 1. The van der Waals surface area contributed by atoms with Gasteiger partial charge < -0.3 is 15.5 Å². The lowest BCUT2D eigenvalue weighted by atomic mass is 10.0. The van der Waals surface area contributed by atoms with Crippen molar-refractivity contribution in [1.82, 2.24) is 14.7 Å². The van der Waals surface area contributed by atoms with Gasteiger partial charge in [0.2, 0.25) is 5.91 Å². The number of aliphatic carboxylic acids is 1. The molecule has 0 aromatic heterocycles. The molecule has 1 aromatic rings. The van der Waals surface area contributed by atoms with Crippen molar-refractivity contribution in [2.24, 2.45) is 0 Å². The molecule has 0 spiro atoms. The Kier molecular flexibility index (Phi) is 9.06. The SMILES string of the molecule is CCN(CC)CC(=O)O.CNc1cccc2c1C(=O)N(C1CCC(=O)N(CCO)C1=O)C2=O. The van der Waals surface area contributed by atoms with Crippen molar-refractivity contribution in [3.05, 3.63) is 29.3 Å². The number of carbonyl (C=O) groups is 5. The smallest absolute Gasteiger partial charge is 0.317 e. The van der Waals surface area contributed by atoms with Gasteiger partial charge in [0.05, 0.1) is 30.8 Å². The van der Waals surface area contributed by atoms with E-state index in [4.69, 9.17) is 10.2 Å². The largest absolute Gasteiger partial charge is 0.480 e. The van der Waals surface area contributed by atoms with E-state index < -0.39 is 35.6 Å². The summed E-state index contributed by atoms with van der Waals surface area (Å²) >= 11 is 0. The van der Waals surface area contributed by atoms with Crippen LogP contribution >= 0.6 is 0 Å². The van der Waals surface area contributed by atoms with Crippen LogP contribution in [0.2, 0.25) is 0 Å². The number of carboxylic acid groups (broad SMARTS) is 1. The molecule has 3 rings (SSSR count). The summed E-state index contributed by atoms with van der Waals surface area (Å²) in [6.45, 7) is 5.17. The summed E-state index contributed by atoms with van der Waals surface area (Å²) in [6.07, 6.45) is 0.142. The standard InChI is InChI=1S/C16H17N3O5.C6H13NO2/c1-17-10-4-2-3-9-13(10)16(24)19(14(9)22)11-5-6-12(21)18(7-8-20)15(11)23;1-3-7(4-2)5-6(8)9/h2-4,11,17,20H,5-8H2,1H3;3-5H2,1-2H3,(H,8,9). The molecule has 33 heavy (non-hydrogen) atoms. The molecular formula is C22H30N4O7. The average Bonchev–Trinajstić information content (AvgIpc) is 3.05. The summed E-state index contributed by atoms with van der Waals surface area (Å²) in [5.41, 5.74) is 0.994. The fourth-order valence-electron chi connectivity index (χ4n) is 3.83. The zero-order valence-corrected chi connectivity index (χ0v) is 19.0. The van der Waals surface area contributed by atoms with Gasteiger partial charge in [0.15, 0.2) is 0 Å². The van der Waals surface area contributed by atoms with Gasteiger partial charge in [0.25, 0.3) is 17.7 Å². The molecule has 1 atom stereocenters. The number of likely N-dealkylation sites (tertiary alicyclic amines) is 1. The maximum absolute atomic E-state index is 12.7. The lowest BCUT2D eigenvalue weighted by molar-refractivity contribution is -0.152. The average molecular weight is 463 g/mol. The van der Waals surface area contributed by atoms with Gasteiger partial charge in [-0.05, 0) is 31.6 Å². The molecule has 1 unspecified atom stereocenters.